The standard InChI is InChI=1S/C20H8I4O4/c21-14-13-18(17(24)16(23)15(14)22)27-12-7-8(25)5-6-11(12)20(13)10-4-2-1-3-9(10)19(26)28-20/h1-4,6-7H,5H2. The zero-order valence-electron chi connectivity index (χ0n) is 13.8. The summed E-state index contributed by atoms with van der Waals surface area (Å²) in [5.74, 6) is 0.719. The van der Waals surface area contributed by atoms with E-state index in [4.69, 9.17) is 9.47 Å². The molecule has 1 aliphatic carbocycles. The number of carbonyl (C=O) groups excluding carboxylic acids is 2. The van der Waals surface area contributed by atoms with Gasteiger partial charge in [-0.1, -0.05) is 24.3 Å². The summed E-state index contributed by atoms with van der Waals surface area (Å²) in [6.45, 7) is 0. The van der Waals surface area contributed by atoms with Crippen LogP contribution in [0, 0.1) is 14.3 Å². The van der Waals surface area contributed by atoms with Crippen molar-refractivity contribution in [1.82, 2.24) is 0 Å². The maximum Gasteiger partial charge on any atom is 0.340 e. The fraction of sp³-hybridized carbons (Fsp3) is 0.100. The summed E-state index contributed by atoms with van der Waals surface area (Å²) in [5.41, 5.74) is 1.80. The molecule has 28 heavy (non-hydrogen) atoms. The first kappa shape index (κ1) is 19.7. The first-order chi connectivity index (χ1) is 13.4. The Balaban J connectivity index is 1.97. The average molecular weight is 820 g/mol. The average Bonchev–Trinajstić information content (AvgIpc) is 2.97. The van der Waals surface area contributed by atoms with Gasteiger partial charge in [-0.2, -0.15) is 0 Å². The number of esters is 1. The molecule has 1 unspecified atom stereocenters. The molecule has 140 valence electrons. The second-order valence-electron chi connectivity index (χ2n) is 6.48. The van der Waals surface area contributed by atoms with E-state index in [1.165, 1.54) is 6.08 Å². The third-order valence-electron chi connectivity index (χ3n) is 5.00. The van der Waals surface area contributed by atoms with Crippen molar-refractivity contribution in [3.05, 3.63) is 78.7 Å². The molecule has 2 heterocycles. The highest BCUT2D eigenvalue weighted by atomic mass is 127. The Morgan fingerprint density at radius 2 is 1.64 bits per heavy atom. The molecule has 1 spiro atoms. The van der Waals surface area contributed by atoms with Crippen LogP contribution in [0.1, 0.15) is 27.9 Å². The van der Waals surface area contributed by atoms with Crippen molar-refractivity contribution in [3.8, 4) is 5.75 Å². The van der Waals surface area contributed by atoms with Gasteiger partial charge in [-0.3, -0.25) is 4.79 Å². The van der Waals surface area contributed by atoms with Crippen molar-refractivity contribution in [2.24, 2.45) is 0 Å². The molecule has 0 amide bonds. The lowest BCUT2D eigenvalue weighted by Crippen LogP contribution is -2.39. The van der Waals surface area contributed by atoms with Gasteiger partial charge in [-0.25, -0.2) is 4.79 Å². The van der Waals surface area contributed by atoms with E-state index in [9.17, 15) is 9.59 Å². The Morgan fingerprint density at radius 1 is 0.929 bits per heavy atom. The van der Waals surface area contributed by atoms with Crippen LogP contribution in [-0.4, -0.2) is 11.8 Å². The van der Waals surface area contributed by atoms with Crippen LogP contribution in [0.3, 0.4) is 0 Å². The van der Waals surface area contributed by atoms with Gasteiger partial charge in [-0.15, -0.1) is 0 Å². The minimum absolute atomic E-state index is 0.0279. The van der Waals surface area contributed by atoms with Crippen molar-refractivity contribution < 1.29 is 19.1 Å². The van der Waals surface area contributed by atoms with Gasteiger partial charge in [-0.05, 0) is 96.4 Å². The maximum atomic E-state index is 12.9. The molecule has 1 atom stereocenters. The predicted octanol–water partition coefficient (Wildman–Crippen LogP) is 5.69. The molecular weight excluding hydrogens is 812 g/mol. The quantitative estimate of drug-likeness (QED) is 0.149. The third-order valence-corrected chi connectivity index (χ3v) is 12.4. The number of fused-ring (bicyclic) bond motifs is 6. The highest BCUT2D eigenvalue weighted by Gasteiger charge is 2.57. The van der Waals surface area contributed by atoms with Crippen LogP contribution in [0.5, 0.6) is 5.75 Å². The van der Waals surface area contributed by atoms with Crippen LogP contribution in [0.25, 0.3) is 0 Å². The highest BCUT2D eigenvalue weighted by molar-refractivity contribution is 14.1. The molecule has 3 aliphatic rings. The van der Waals surface area contributed by atoms with Gasteiger partial charge >= 0.3 is 5.97 Å². The fourth-order valence-electron chi connectivity index (χ4n) is 3.86. The third kappa shape index (κ3) is 2.55. The van der Waals surface area contributed by atoms with E-state index in [0.717, 1.165) is 31.0 Å². The SMILES string of the molecule is O=C1C=C2Oc3c(I)c(I)c(I)c(I)c3C3(OC(=O)c4ccccc43)C2=CC1. The van der Waals surface area contributed by atoms with Crippen LogP contribution < -0.4 is 4.74 Å². The lowest BCUT2D eigenvalue weighted by atomic mass is 9.75. The normalized spacial score (nSPS) is 22.0. The molecule has 0 N–H and O–H groups in total. The van der Waals surface area contributed by atoms with Crippen LogP contribution in [0.15, 0.2) is 47.7 Å². The Labute approximate surface area is 215 Å². The first-order valence-electron chi connectivity index (χ1n) is 8.19. The van der Waals surface area contributed by atoms with E-state index in [2.05, 4.69) is 90.4 Å². The molecule has 2 aromatic carbocycles. The van der Waals surface area contributed by atoms with Gasteiger partial charge in [0.25, 0.3) is 0 Å². The van der Waals surface area contributed by atoms with E-state index in [1.807, 2.05) is 24.3 Å². The molecule has 0 aromatic heterocycles. The Hall–Kier alpha value is -0.220. The van der Waals surface area contributed by atoms with Crippen LogP contribution in [0.4, 0.5) is 0 Å². The van der Waals surface area contributed by atoms with Crippen molar-refractivity contribution >= 4 is 102 Å². The number of hydrogen-bond donors (Lipinski definition) is 0. The molecule has 0 bridgehead atoms. The molecule has 8 heteroatoms. The van der Waals surface area contributed by atoms with E-state index in [-0.39, 0.29) is 18.2 Å². The van der Waals surface area contributed by atoms with Gasteiger partial charge in [0.2, 0.25) is 0 Å². The number of ether oxygens (including phenoxy) is 2. The Morgan fingerprint density at radius 3 is 2.43 bits per heavy atom. The summed E-state index contributed by atoms with van der Waals surface area (Å²) >= 11 is 9.19. The molecule has 0 saturated heterocycles. The van der Waals surface area contributed by atoms with Gasteiger partial charge in [0.1, 0.15) is 5.76 Å². The van der Waals surface area contributed by atoms with Gasteiger partial charge in [0, 0.05) is 34.3 Å². The molecule has 5 rings (SSSR count). The van der Waals surface area contributed by atoms with Crippen molar-refractivity contribution in [3.63, 3.8) is 0 Å². The lowest BCUT2D eigenvalue weighted by Gasteiger charge is -2.40. The molecule has 0 fully saturated rings. The number of hydrogen-bond acceptors (Lipinski definition) is 4. The Kier molecular flexibility index (Phi) is 4.86. The minimum Gasteiger partial charge on any atom is -0.455 e. The molecule has 2 aromatic rings. The summed E-state index contributed by atoms with van der Waals surface area (Å²) in [7, 11) is 0. The molecular formula is C20H8I4O4. The zero-order chi connectivity index (χ0) is 19.8. The Bertz CT molecular complexity index is 1180. The van der Waals surface area contributed by atoms with Crippen LogP contribution in [-0.2, 0) is 15.1 Å². The summed E-state index contributed by atoms with van der Waals surface area (Å²) < 4.78 is 16.5. The van der Waals surface area contributed by atoms with E-state index >= 15 is 0 Å². The molecule has 0 radical (unpaired) electrons. The molecule has 4 nitrogen and oxygen atoms in total. The number of allylic oxidation sites excluding steroid dienone is 2. The molecule has 2 aliphatic heterocycles. The second-order valence-corrected chi connectivity index (χ2v) is 10.8. The number of benzene rings is 2. The summed E-state index contributed by atoms with van der Waals surface area (Å²) in [6.07, 6.45) is 3.61. The monoisotopic (exact) mass is 820 g/mol. The van der Waals surface area contributed by atoms with Crippen LogP contribution >= 0.6 is 90.4 Å². The number of ketones is 1. The van der Waals surface area contributed by atoms with Gasteiger partial charge in [0.15, 0.2) is 17.1 Å². The maximum absolute atomic E-state index is 12.9. The van der Waals surface area contributed by atoms with Crippen LogP contribution in [0.2, 0.25) is 0 Å². The van der Waals surface area contributed by atoms with E-state index in [0.29, 0.717) is 17.1 Å². The number of rotatable bonds is 0. The number of halogens is 4. The van der Waals surface area contributed by atoms with Gasteiger partial charge in [0.05, 0.1) is 14.7 Å². The largest absolute Gasteiger partial charge is 0.455 e. The topological polar surface area (TPSA) is 52.6 Å². The first-order valence-corrected chi connectivity index (χ1v) is 12.5. The van der Waals surface area contributed by atoms with Crippen molar-refractivity contribution in [1.29, 1.82) is 0 Å². The lowest BCUT2D eigenvalue weighted by molar-refractivity contribution is -0.114. The highest BCUT2D eigenvalue weighted by Crippen LogP contribution is 2.58. The van der Waals surface area contributed by atoms with E-state index < -0.39 is 5.60 Å². The van der Waals surface area contributed by atoms with Crippen molar-refractivity contribution in [2.45, 2.75) is 12.0 Å². The summed E-state index contributed by atoms with van der Waals surface area (Å²) in [4.78, 5) is 25.0. The predicted molar refractivity (Wildman–Crippen MR) is 136 cm³/mol. The summed E-state index contributed by atoms with van der Waals surface area (Å²) in [5, 5.41) is 0. The summed E-state index contributed by atoms with van der Waals surface area (Å²) in [6, 6.07) is 7.46. The second kappa shape index (κ2) is 6.90. The van der Waals surface area contributed by atoms with Crippen molar-refractivity contribution in [2.75, 3.05) is 0 Å². The fourth-order valence-corrected chi connectivity index (χ4v) is 7.49. The minimum atomic E-state index is -1.10. The molecule has 0 saturated carbocycles. The smallest absolute Gasteiger partial charge is 0.340 e. The zero-order valence-corrected chi connectivity index (χ0v) is 22.4. The van der Waals surface area contributed by atoms with E-state index in [1.54, 1.807) is 6.07 Å². The number of carbonyl (C=O) groups is 2. The van der Waals surface area contributed by atoms with Gasteiger partial charge < -0.3 is 9.47 Å².